The van der Waals surface area contributed by atoms with Crippen molar-refractivity contribution in [2.24, 2.45) is 0 Å². The minimum atomic E-state index is -0.237. The predicted octanol–water partition coefficient (Wildman–Crippen LogP) is 2.56. The SMILES string of the molecule is CC(C)n1nc(N2CCCCC2CNC(=O)c2cnc3ccccc3n2)ccc1=O. The van der Waals surface area contributed by atoms with Gasteiger partial charge in [0.05, 0.1) is 23.3 Å². The number of para-hydroxylation sites is 2. The van der Waals surface area contributed by atoms with Gasteiger partial charge in [0, 0.05) is 25.2 Å². The number of hydrogen-bond acceptors (Lipinski definition) is 6. The Morgan fingerprint density at radius 1 is 1.17 bits per heavy atom. The van der Waals surface area contributed by atoms with Gasteiger partial charge in [-0.2, -0.15) is 5.10 Å². The number of nitrogens with zero attached hydrogens (tertiary/aromatic N) is 5. The summed E-state index contributed by atoms with van der Waals surface area (Å²) in [5, 5.41) is 7.56. The average molecular weight is 406 g/mol. The number of nitrogens with one attached hydrogen (secondary N) is 1. The van der Waals surface area contributed by atoms with E-state index < -0.39 is 0 Å². The van der Waals surface area contributed by atoms with Crippen LogP contribution >= 0.6 is 0 Å². The third kappa shape index (κ3) is 4.17. The average Bonchev–Trinajstić information content (AvgIpc) is 2.77. The van der Waals surface area contributed by atoms with Crippen molar-refractivity contribution in [2.75, 3.05) is 18.0 Å². The number of anilines is 1. The van der Waals surface area contributed by atoms with Gasteiger partial charge in [-0.1, -0.05) is 12.1 Å². The highest BCUT2D eigenvalue weighted by atomic mass is 16.2. The molecule has 4 rings (SSSR count). The first-order valence-electron chi connectivity index (χ1n) is 10.4. The van der Waals surface area contributed by atoms with E-state index in [1.165, 1.54) is 10.9 Å². The Morgan fingerprint density at radius 2 is 1.97 bits per heavy atom. The molecule has 2 aromatic heterocycles. The third-order valence-corrected chi connectivity index (χ3v) is 5.40. The Bertz CT molecular complexity index is 1110. The van der Waals surface area contributed by atoms with Crippen LogP contribution in [0.1, 0.15) is 49.6 Å². The van der Waals surface area contributed by atoms with E-state index in [2.05, 4.69) is 25.3 Å². The van der Waals surface area contributed by atoms with Gasteiger partial charge in [0.25, 0.3) is 11.5 Å². The molecule has 3 heterocycles. The molecule has 1 aromatic carbocycles. The molecule has 0 bridgehead atoms. The normalized spacial score (nSPS) is 16.8. The maximum absolute atomic E-state index is 12.7. The smallest absolute Gasteiger partial charge is 0.271 e. The van der Waals surface area contributed by atoms with E-state index in [1.807, 2.05) is 38.1 Å². The van der Waals surface area contributed by atoms with E-state index in [0.29, 0.717) is 17.8 Å². The minimum absolute atomic E-state index is 0.00753. The Kier molecular flexibility index (Phi) is 5.74. The molecular formula is C22H26N6O2. The van der Waals surface area contributed by atoms with Crippen LogP contribution in [0.4, 0.5) is 5.82 Å². The second-order valence-corrected chi connectivity index (χ2v) is 7.87. The molecule has 3 aromatic rings. The lowest BCUT2D eigenvalue weighted by Gasteiger charge is -2.36. The second-order valence-electron chi connectivity index (χ2n) is 7.87. The van der Waals surface area contributed by atoms with Gasteiger partial charge >= 0.3 is 0 Å². The van der Waals surface area contributed by atoms with E-state index in [4.69, 9.17) is 0 Å². The quantitative estimate of drug-likeness (QED) is 0.700. The van der Waals surface area contributed by atoms with Crippen molar-refractivity contribution in [3.8, 4) is 0 Å². The van der Waals surface area contributed by atoms with Gasteiger partial charge in [-0.3, -0.25) is 14.6 Å². The number of hydrogen-bond donors (Lipinski definition) is 1. The van der Waals surface area contributed by atoms with Crippen LogP contribution in [0.15, 0.2) is 47.4 Å². The number of fused-ring (bicyclic) bond motifs is 1. The fraction of sp³-hybridized carbons (Fsp3) is 0.409. The molecule has 1 atom stereocenters. The zero-order chi connectivity index (χ0) is 21.1. The maximum Gasteiger partial charge on any atom is 0.271 e. The topological polar surface area (TPSA) is 93.0 Å². The van der Waals surface area contributed by atoms with Gasteiger partial charge in [-0.15, -0.1) is 0 Å². The van der Waals surface area contributed by atoms with Crippen molar-refractivity contribution in [3.05, 3.63) is 58.6 Å². The summed E-state index contributed by atoms with van der Waals surface area (Å²) in [6, 6.07) is 10.9. The van der Waals surface area contributed by atoms with Crippen LogP contribution in [0, 0.1) is 0 Å². The monoisotopic (exact) mass is 406 g/mol. The third-order valence-electron chi connectivity index (χ3n) is 5.40. The molecule has 30 heavy (non-hydrogen) atoms. The highest BCUT2D eigenvalue weighted by molar-refractivity contribution is 5.93. The van der Waals surface area contributed by atoms with Gasteiger partial charge < -0.3 is 10.2 Å². The number of piperidine rings is 1. The van der Waals surface area contributed by atoms with Crippen molar-refractivity contribution in [1.29, 1.82) is 0 Å². The van der Waals surface area contributed by atoms with Gasteiger partial charge in [0.2, 0.25) is 0 Å². The van der Waals surface area contributed by atoms with E-state index in [1.54, 1.807) is 12.1 Å². The van der Waals surface area contributed by atoms with E-state index in [0.717, 1.165) is 37.1 Å². The Labute approximate surface area is 175 Å². The molecule has 8 heteroatoms. The summed E-state index contributed by atoms with van der Waals surface area (Å²) in [6.07, 6.45) is 4.61. The van der Waals surface area contributed by atoms with E-state index in [-0.39, 0.29) is 23.6 Å². The molecule has 1 amide bonds. The molecule has 1 aliphatic rings. The first-order chi connectivity index (χ1) is 14.5. The molecule has 0 saturated carbocycles. The molecule has 8 nitrogen and oxygen atoms in total. The minimum Gasteiger partial charge on any atom is -0.350 e. The lowest BCUT2D eigenvalue weighted by Crippen LogP contribution is -2.47. The van der Waals surface area contributed by atoms with Gasteiger partial charge in [0.1, 0.15) is 11.5 Å². The standard InChI is InChI=1S/C22H26N6O2/c1-15(2)28-21(29)11-10-20(26-28)27-12-6-5-7-16(27)13-24-22(30)19-14-23-17-8-3-4-9-18(17)25-19/h3-4,8-11,14-16H,5-7,12-13H2,1-2H3,(H,24,30). The molecular weight excluding hydrogens is 380 g/mol. The van der Waals surface area contributed by atoms with Gasteiger partial charge in [0.15, 0.2) is 0 Å². The molecule has 1 fully saturated rings. The van der Waals surface area contributed by atoms with Crippen LogP contribution in [-0.2, 0) is 0 Å². The predicted molar refractivity (Wildman–Crippen MR) is 116 cm³/mol. The number of carbonyl (C=O) groups is 1. The fourth-order valence-electron chi connectivity index (χ4n) is 3.82. The summed E-state index contributed by atoms with van der Waals surface area (Å²) in [5.41, 5.74) is 1.66. The molecule has 0 aliphatic carbocycles. The highest BCUT2D eigenvalue weighted by Gasteiger charge is 2.25. The summed E-state index contributed by atoms with van der Waals surface area (Å²) >= 11 is 0. The fourth-order valence-corrected chi connectivity index (χ4v) is 3.82. The zero-order valence-corrected chi connectivity index (χ0v) is 17.3. The van der Waals surface area contributed by atoms with Crippen molar-refractivity contribution in [2.45, 2.75) is 45.2 Å². The Hall–Kier alpha value is -3.29. The molecule has 0 radical (unpaired) electrons. The molecule has 1 unspecified atom stereocenters. The largest absolute Gasteiger partial charge is 0.350 e. The lowest BCUT2D eigenvalue weighted by molar-refractivity contribution is 0.0944. The Balaban J connectivity index is 1.49. The first-order valence-corrected chi connectivity index (χ1v) is 10.4. The second kappa shape index (κ2) is 8.61. The summed E-state index contributed by atoms with van der Waals surface area (Å²) in [4.78, 5) is 35.6. The summed E-state index contributed by atoms with van der Waals surface area (Å²) in [7, 11) is 0. The van der Waals surface area contributed by atoms with Crippen LogP contribution < -0.4 is 15.8 Å². The van der Waals surface area contributed by atoms with Crippen LogP contribution in [0.3, 0.4) is 0 Å². The van der Waals surface area contributed by atoms with Crippen LogP contribution in [0.25, 0.3) is 11.0 Å². The zero-order valence-electron chi connectivity index (χ0n) is 17.3. The van der Waals surface area contributed by atoms with Crippen molar-refractivity contribution in [1.82, 2.24) is 25.1 Å². The maximum atomic E-state index is 12.7. The number of amides is 1. The Morgan fingerprint density at radius 3 is 2.77 bits per heavy atom. The molecule has 0 spiro atoms. The van der Waals surface area contributed by atoms with Crippen LogP contribution in [0.5, 0.6) is 0 Å². The first kappa shape index (κ1) is 20.0. The number of aromatic nitrogens is 4. The van der Waals surface area contributed by atoms with E-state index >= 15 is 0 Å². The lowest BCUT2D eigenvalue weighted by atomic mass is 10.0. The van der Waals surface area contributed by atoms with Gasteiger partial charge in [-0.05, 0) is 51.3 Å². The number of carbonyl (C=O) groups excluding carboxylic acids is 1. The van der Waals surface area contributed by atoms with E-state index in [9.17, 15) is 9.59 Å². The molecule has 156 valence electrons. The molecule has 1 saturated heterocycles. The molecule has 1 N–H and O–H groups in total. The summed E-state index contributed by atoms with van der Waals surface area (Å²) in [6.45, 7) is 5.21. The van der Waals surface area contributed by atoms with Crippen molar-refractivity contribution in [3.63, 3.8) is 0 Å². The summed E-state index contributed by atoms with van der Waals surface area (Å²) < 4.78 is 1.50. The number of rotatable bonds is 5. The number of benzene rings is 1. The van der Waals surface area contributed by atoms with Crippen LogP contribution in [-0.4, -0.2) is 44.8 Å². The highest BCUT2D eigenvalue weighted by Crippen LogP contribution is 2.22. The van der Waals surface area contributed by atoms with Crippen molar-refractivity contribution >= 4 is 22.8 Å². The van der Waals surface area contributed by atoms with Crippen LogP contribution in [0.2, 0.25) is 0 Å². The van der Waals surface area contributed by atoms with Crippen molar-refractivity contribution < 1.29 is 4.79 Å². The van der Waals surface area contributed by atoms with Gasteiger partial charge in [-0.25, -0.2) is 9.67 Å². The summed E-state index contributed by atoms with van der Waals surface area (Å²) in [5.74, 6) is 0.534. The molecule has 1 aliphatic heterocycles.